The van der Waals surface area contributed by atoms with Crippen molar-refractivity contribution in [2.24, 2.45) is 22.9 Å². The molecule has 0 aromatic heterocycles. The van der Waals surface area contributed by atoms with Gasteiger partial charge >= 0.3 is 11.9 Å². The van der Waals surface area contributed by atoms with E-state index in [4.69, 9.17) is 28.0 Å². The maximum Gasteiger partial charge on any atom is 0.326 e. The second kappa shape index (κ2) is 15.9. The number of nitrogens with one attached hydrogen (secondary N) is 3. The summed E-state index contributed by atoms with van der Waals surface area (Å²) in [5.74, 6) is -7.79. The van der Waals surface area contributed by atoms with Gasteiger partial charge in [0.15, 0.2) is 0 Å². The zero-order valence-electron chi connectivity index (χ0n) is 19.0. The molecule has 5 amide bonds. The summed E-state index contributed by atoms with van der Waals surface area (Å²) >= 11 is 0. The van der Waals surface area contributed by atoms with Gasteiger partial charge in [0.2, 0.25) is 29.5 Å². The molecule has 0 aromatic carbocycles. The van der Waals surface area contributed by atoms with E-state index in [1.165, 1.54) is 0 Å². The first-order chi connectivity index (χ1) is 16.3. The van der Waals surface area contributed by atoms with Gasteiger partial charge in [0.25, 0.3) is 0 Å². The van der Waals surface area contributed by atoms with E-state index in [0.29, 0.717) is 19.4 Å². The number of carbonyl (C=O) groups excluding carboxylic acids is 5. The summed E-state index contributed by atoms with van der Waals surface area (Å²) in [6.45, 7) is 0.303. The summed E-state index contributed by atoms with van der Waals surface area (Å²) in [4.78, 5) is 82.3. The fraction of sp³-hybridized carbons (Fsp3) is 0.632. The van der Waals surface area contributed by atoms with Crippen molar-refractivity contribution < 1.29 is 43.8 Å². The Morgan fingerprint density at radius 1 is 0.686 bits per heavy atom. The van der Waals surface area contributed by atoms with Gasteiger partial charge < -0.3 is 49.1 Å². The number of hydrogen-bond donors (Lipinski definition) is 9. The molecule has 13 N–H and O–H groups in total. The smallest absolute Gasteiger partial charge is 0.326 e. The molecule has 16 heteroatoms. The predicted octanol–water partition coefficient (Wildman–Crippen LogP) is -4.40. The molecule has 0 aliphatic rings. The molecule has 0 heterocycles. The first-order valence-corrected chi connectivity index (χ1v) is 10.7. The lowest BCUT2D eigenvalue weighted by molar-refractivity contribution is -0.144. The number of primary amides is 2. The molecule has 35 heavy (non-hydrogen) atoms. The van der Waals surface area contributed by atoms with Crippen molar-refractivity contribution in [1.29, 1.82) is 0 Å². The summed E-state index contributed by atoms with van der Waals surface area (Å²) in [6, 6.07) is -6.02. The Bertz CT molecular complexity index is 806. The molecule has 198 valence electrons. The van der Waals surface area contributed by atoms with Gasteiger partial charge in [-0.15, -0.1) is 0 Å². The molecule has 4 unspecified atom stereocenters. The number of unbranched alkanes of at least 4 members (excludes halogenated alkanes) is 1. The minimum Gasteiger partial charge on any atom is -0.481 e. The summed E-state index contributed by atoms with van der Waals surface area (Å²) in [6.07, 6.45) is -1.16. The van der Waals surface area contributed by atoms with Crippen LogP contribution in [0.4, 0.5) is 0 Å². The zero-order chi connectivity index (χ0) is 27.1. The topological polar surface area (TPSA) is 300 Å². The minimum atomic E-state index is -1.74. The fourth-order valence-corrected chi connectivity index (χ4v) is 2.80. The summed E-state index contributed by atoms with van der Waals surface area (Å²) < 4.78 is 0. The number of nitrogens with two attached hydrogens (primary N) is 4. The summed E-state index contributed by atoms with van der Waals surface area (Å²) in [5.41, 5.74) is 21.1. The molecule has 0 bridgehead atoms. The van der Waals surface area contributed by atoms with Crippen LogP contribution in [0.2, 0.25) is 0 Å². The van der Waals surface area contributed by atoms with Crippen molar-refractivity contribution in [3.8, 4) is 0 Å². The lowest BCUT2D eigenvalue weighted by Gasteiger charge is -2.24. The van der Waals surface area contributed by atoms with Gasteiger partial charge in [-0.2, -0.15) is 0 Å². The van der Waals surface area contributed by atoms with Crippen LogP contribution < -0.4 is 38.9 Å². The summed E-state index contributed by atoms with van der Waals surface area (Å²) in [5, 5.41) is 24.8. The summed E-state index contributed by atoms with van der Waals surface area (Å²) in [7, 11) is 0. The third-order valence-corrected chi connectivity index (χ3v) is 4.65. The van der Waals surface area contributed by atoms with Crippen LogP contribution in [0.5, 0.6) is 0 Å². The third kappa shape index (κ3) is 13.5. The van der Waals surface area contributed by atoms with Crippen LogP contribution >= 0.6 is 0 Å². The lowest BCUT2D eigenvalue weighted by Crippen LogP contribution is -2.58. The number of hydrogen-bond acceptors (Lipinski definition) is 9. The Morgan fingerprint density at radius 3 is 1.66 bits per heavy atom. The molecule has 16 nitrogen and oxygen atoms in total. The van der Waals surface area contributed by atoms with E-state index in [-0.39, 0.29) is 19.3 Å². The Morgan fingerprint density at radius 2 is 1.20 bits per heavy atom. The average molecular weight is 504 g/mol. The molecule has 0 aliphatic heterocycles. The van der Waals surface area contributed by atoms with Crippen molar-refractivity contribution >= 4 is 41.5 Å². The highest BCUT2D eigenvalue weighted by Crippen LogP contribution is 2.04. The highest BCUT2D eigenvalue weighted by atomic mass is 16.4. The van der Waals surface area contributed by atoms with E-state index in [2.05, 4.69) is 16.0 Å². The molecule has 0 saturated heterocycles. The lowest BCUT2D eigenvalue weighted by atomic mass is 10.1. The normalized spacial score (nSPS) is 14.0. The van der Waals surface area contributed by atoms with Crippen molar-refractivity contribution in [3.63, 3.8) is 0 Å². The number of aliphatic carboxylic acids is 2. The highest BCUT2D eigenvalue weighted by molar-refractivity contribution is 5.97. The second-order valence-corrected chi connectivity index (χ2v) is 7.69. The van der Waals surface area contributed by atoms with Crippen LogP contribution in [-0.4, -0.2) is 82.4 Å². The van der Waals surface area contributed by atoms with E-state index in [1.54, 1.807) is 0 Å². The molecule has 0 fully saturated rings. The standard InChI is InChI=1S/C19H33N7O9/c20-6-2-1-3-10(19(34)35)24-18(33)12(8-15(29)30)26-17(32)11(7-14(23)28)25-16(31)9(21)4-5-13(22)27/h9-12H,1-8,20-21H2,(H2,22,27)(H2,23,28)(H,24,33)(H,25,31)(H,26,32)(H,29,30)(H,34,35). The van der Waals surface area contributed by atoms with Crippen molar-refractivity contribution in [3.05, 3.63) is 0 Å². The molecule has 4 atom stereocenters. The van der Waals surface area contributed by atoms with Gasteiger partial charge in [-0.25, -0.2) is 4.79 Å². The largest absolute Gasteiger partial charge is 0.481 e. The highest BCUT2D eigenvalue weighted by Gasteiger charge is 2.32. The van der Waals surface area contributed by atoms with Crippen LogP contribution in [0.1, 0.15) is 44.9 Å². The molecule has 0 spiro atoms. The van der Waals surface area contributed by atoms with E-state index >= 15 is 0 Å². The minimum absolute atomic E-state index is 0.00948. The third-order valence-electron chi connectivity index (χ3n) is 4.65. The van der Waals surface area contributed by atoms with E-state index in [9.17, 15) is 38.7 Å². The van der Waals surface area contributed by atoms with Crippen LogP contribution in [0.15, 0.2) is 0 Å². The second-order valence-electron chi connectivity index (χ2n) is 7.69. The maximum atomic E-state index is 12.7. The quantitative estimate of drug-likeness (QED) is 0.0804. The first-order valence-electron chi connectivity index (χ1n) is 10.7. The van der Waals surface area contributed by atoms with E-state index in [1.807, 2.05) is 0 Å². The van der Waals surface area contributed by atoms with Crippen LogP contribution in [0.3, 0.4) is 0 Å². The number of carbonyl (C=O) groups is 7. The van der Waals surface area contributed by atoms with Gasteiger partial charge in [0, 0.05) is 6.42 Å². The van der Waals surface area contributed by atoms with Gasteiger partial charge in [-0.1, -0.05) is 0 Å². The Labute approximate surface area is 200 Å². The van der Waals surface area contributed by atoms with E-state index < -0.39 is 78.5 Å². The molecule has 0 aromatic rings. The first kappa shape index (κ1) is 31.2. The molecular formula is C19H33N7O9. The van der Waals surface area contributed by atoms with Crippen molar-refractivity contribution in [2.45, 2.75) is 69.1 Å². The molecular weight excluding hydrogens is 470 g/mol. The van der Waals surface area contributed by atoms with Crippen LogP contribution in [0.25, 0.3) is 0 Å². The Balaban J connectivity index is 5.47. The van der Waals surface area contributed by atoms with Gasteiger partial charge in [-0.3, -0.25) is 28.8 Å². The van der Waals surface area contributed by atoms with Gasteiger partial charge in [0.1, 0.15) is 18.1 Å². The monoisotopic (exact) mass is 503 g/mol. The number of amides is 5. The Kier molecular flexibility index (Phi) is 14.2. The Hall–Kier alpha value is -3.79. The zero-order valence-corrected chi connectivity index (χ0v) is 19.0. The SMILES string of the molecule is NCCCCC(NC(=O)C(CC(=O)O)NC(=O)C(CC(N)=O)NC(=O)C(N)CCC(N)=O)C(=O)O. The number of carboxylic acid groups (broad SMARTS) is 2. The van der Waals surface area contributed by atoms with Gasteiger partial charge in [-0.05, 0) is 32.2 Å². The molecule has 0 radical (unpaired) electrons. The average Bonchev–Trinajstić information content (AvgIpc) is 2.74. The van der Waals surface area contributed by atoms with Crippen LogP contribution in [-0.2, 0) is 33.6 Å². The van der Waals surface area contributed by atoms with Crippen molar-refractivity contribution in [1.82, 2.24) is 16.0 Å². The van der Waals surface area contributed by atoms with E-state index in [0.717, 1.165) is 0 Å². The molecule has 0 saturated carbocycles. The van der Waals surface area contributed by atoms with Crippen molar-refractivity contribution in [2.75, 3.05) is 6.54 Å². The maximum absolute atomic E-state index is 12.7. The molecule has 0 rings (SSSR count). The number of rotatable bonds is 18. The predicted molar refractivity (Wildman–Crippen MR) is 119 cm³/mol. The van der Waals surface area contributed by atoms with Gasteiger partial charge in [0.05, 0.1) is 18.9 Å². The van der Waals surface area contributed by atoms with Crippen LogP contribution in [0, 0.1) is 0 Å². The number of carboxylic acids is 2. The fourth-order valence-electron chi connectivity index (χ4n) is 2.80. The molecule has 0 aliphatic carbocycles.